The van der Waals surface area contributed by atoms with E-state index in [9.17, 15) is 21.4 Å². The van der Waals surface area contributed by atoms with Crippen LogP contribution in [0.25, 0.3) is 0 Å². The molecule has 1 aromatic heterocycles. The first-order valence-electron chi connectivity index (χ1n) is 6.00. The number of sulfonamides is 1. The first kappa shape index (κ1) is 16.5. The third kappa shape index (κ3) is 3.65. The van der Waals surface area contributed by atoms with Crippen LogP contribution >= 0.6 is 0 Å². The third-order valence-corrected chi connectivity index (χ3v) is 4.84. The molecular formula is C12H14N2O6S2. The molecule has 4 N–H and O–H groups in total. The highest BCUT2D eigenvalue weighted by molar-refractivity contribution is 7.89. The van der Waals surface area contributed by atoms with Crippen molar-refractivity contribution < 1.29 is 25.8 Å². The highest BCUT2D eigenvalue weighted by Gasteiger charge is 2.22. The minimum Gasteiger partial charge on any atom is -0.467 e. The summed E-state index contributed by atoms with van der Waals surface area (Å²) in [5, 5.41) is 7.80. The van der Waals surface area contributed by atoms with Crippen molar-refractivity contribution in [3.8, 4) is 0 Å². The van der Waals surface area contributed by atoms with Crippen LogP contribution in [0.4, 0.5) is 5.69 Å². The summed E-state index contributed by atoms with van der Waals surface area (Å²) in [5.74, 6) is 0.537. The fourth-order valence-corrected chi connectivity index (χ4v) is 3.46. The molecule has 0 unspecified atom stereocenters. The molecule has 1 heterocycles. The molecule has 0 aliphatic rings. The Kier molecular flexibility index (Phi) is 4.29. The van der Waals surface area contributed by atoms with Gasteiger partial charge in [0.1, 0.15) is 10.7 Å². The number of hydrogen-bond acceptors (Lipinski definition) is 6. The fraction of sp³-hybridized carbons (Fsp3) is 0.167. The zero-order valence-corrected chi connectivity index (χ0v) is 13.1. The van der Waals surface area contributed by atoms with Crippen LogP contribution in [0.15, 0.2) is 44.7 Å². The summed E-state index contributed by atoms with van der Waals surface area (Å²) < 4.78 is 60.2. The number of hydrogen-bond donors (Lipinski definition) is 3. The Morgan fingerprint density at radius 3 is 2.41 bits per heavy atom. The smallest absolute Gasteiger partial charge is 0.296 e. The Labute approximate surface area is 127 Å². The van der Waals surface area contributed by atoms with E-state index >= 15 is 0 Å². The third-order valence-electron chi connectivity index (χ3n) is 2.89. The topological polar surface area (TPSA) is 140 Å². The lowest BCUT2D eigenvalue weighted by Crippen LogP contribution is -2.16. The van der Waals surface area contributed by atoms with E-state index in [1.54, 1.807) is 12.1 Å². The monoisotopic (exact) mass is 346 g/mol. The van der Waals surface area contributed by atoms with E-state index in [4.69, 9.17) is 9.56 Å². The van der Waals surface area contributed by atoms with Gasteiger partial charge in [-0.15, -0.1) is 0 Å². The highest BCUT2D eigenvalue weighted by atomic mass is 32.2. The van der Waals surface area contributed by atoms with Gasteiger partial charge in [-0.2, -0.15) is 8.42 Å². The van der Waals surface area contributed by atoms with Crippen LogP contribution in [-0.2, 0) is 26.7 Å². The van der Waals surface area contributed by atoms with Gasteiger partial charge in [0, 0.05) is 0 Å². The van der Waals surface area contributed by atoms with Crippen molar-refractivity contribution >= 4 is 25.8 Å². The molecular weight excluding hydrogens is 332 g/mol. The lowest BCUT2D eigenvalue weighted by Gasteiger charge is -2.13. The zero-order valence-electron chi connectivity index (χ0n) is 11.5. The molecule has 10 heteroatoms. The first-order valence-corrected chi connectivity index (χ1v) is 8.99. The Morgan fingerprint density at radius 2 is 1.91 bits per heavy atom. The number of aryl methyl sites for hydroxylation is 1. The van der Waals surface area contributed by atoms with Crippen LogP contribution in [0, 0.1) is 6.92 Å². The van der Waals surface area contributed by atoms with Crippen molar-refractivity contribution in [2.24, 2.45) is 5.14 Å². The maximum atomic E-state index is 11.5. The number of anilines is 1. The SMILES string of the molecule is Cc1cc(NCc2ccco2)c(S(=O)(=O)O)cc1S(N)(=O)=O. The Bertz CT molecular complexity index is 886. The first-order chi connectivity index (χ1) is 10.1. The van der Waals surface area contributed by atoms with Gasteiger partial charge in [0.15, 0.2) is 0 Å². The predicted octanol–water partition coefficient (Wildman–Crippen LogP) is 1.09. The molecule has 22 heavy (non-hydrogen) atoms. The van der Waals surface area contributed by atoms with Crippen molar-refractivity contribution in [3.63, 3.8) is 0 Å². The number of nitrogens with one attached hydrogen (secondary N) is 1. The molecule has 0 aliphatic heterocycles. The molecule has 0 spiro atoms. The van der Waals surface area contributed by atoms with Gasteiger partial charge in [0.05, 0.1) is 23.4 Å². The molecule has 0 radical (unpaired) electrons. The maximum absolute atomic E-state index is 11.5. The molecule has 0 fully saturated rings. The van der Waals surface area contributed by atoms with E-state index in [0.29, 0.717) is 5.76 Å². The summed E-state index contributed by atoms with van der Waals surface area (Å²) in [5.41, 5.74) is 0.292. The number of rotatable bonds is 5. The Morgan fingerprint density at radius 1 is 1.23 bits per heavy atom. The van der Waals surface area contributed by atoms with Gasteiger partial charge in [0.2, 0.25) is 10.0 Å². The summed E-state index contributed by atoms with van der Waals surface area (Å²) in [4.78, 5) is -0.947. The zero-order chi connectivity index (χ0) is 16.5. The van der Waals surface area contributed by atoms with E-state index in [0.717, 1.165) is 6.07 Å². The van der Waals surface area contributed by atoms with Gasteiger partial charge >= 0.3 is 0 Å². The molecule has 0 saturated carbocycles. The second kappa shape index (κ2) is 5.72. The van der Waals surface area contributed by atoms with Crippen LogP contribution in [0.5, 0.6) is 0 Å². The molecule has 2 aromatic rings. The van der Waals surface area contributed by atoms with Crippen molar-refractivity contribution in [3.05, 3.63) is 41.9 Å². The van der Waals surface area contributed by atoms with Gasteiger partial charge in [-0.25, -0.2) is 13.6 Å². The number of benzene rings is 1. The standard InChI is InChI=1S/C12H14N2O6S2/c1-8-5-10(14-7-9-3-2-4-20-9)12(22(17,18)19)6-11(8)21(13,15)16/h2-6,14H,7H2,1H3,(H2,13,15,16)(H,17,18,19). The fourth-order valence-electron chi connectivity index (χ4n) is 1.92. The molecule has 8 nitrogen and oxygen atoms in total. The van der Waals surface area contributed by atoms with Gasteiger partial charge in [-0.3, -0.25) is 4.55 Å². The van der Waals surface area contributed by atoms with Gasteiger partial charge < -0.3 is 9.73 Å². The highest BCUT2D eigenvalue weighted by Crippen LogP contribution is 2.28. The average Bonchev–Trinajstić information content (AvgIpc) is 2.86. The summed E-state index contributed by atoms with van der Waals surface area (Å²) in [6.45, 7) is 1.62. The molecule has 1 aromatic carbocycles. The van der Waals surface area contributed by atoms with E-state index < -0.39 is 25.0 Å². The van der Waals surface area contributed by atoms with Crippen LogP contribution in [-0.4, -0.2) is 21.4 Å². The second-order valence-corrected chi connectivity index (χ2v) is 7.49. The van der Waals surface area contributed by atoms with Crippen LogP contribution in [0.3, 0.4) is 0 Å². The van der Waals surface area contributed by atoms with E-state index in [-0.39, 0.29) is 22.7 Å². The molecule has 2 rings (SSSR count). The van der Waals surface area contributed by atoms with Crippen LogP contribution < -0.4 is 10.5 Å². The summed E-state index contributed by atoms with van der Waals surface area (Å²) in [7, 11) is -8.75. The summed E-state index contributed by atoms with van der Waals surface area (Å²) in [6, 6.07) is 5.44. The van der Waals surface area contributed by atoms with E-state index in [1.165, 1.54) is 19.3 Å². The second-order valence-electron chi connectivity index (χ2n) is 4.57. The minimum absolute atomic E-state index is 0.0452. The van der Waals surface area contributed by atoms with Crippen molar-refractivity contribution in [2.45, 2.75) is 23.3 Å². The Hall–Kier alpha value is -1.88. The molecule has 0 aliphatic carbocycles. The quantitative estimate of drug-likeness (QED) is 0.688. The normalized spacial score (nSPS) is 12.3. The minimum atomic E-state index is -4.64. The maximum Gasteiger partial charge on any atom is 0.296 e. The number of nitrogens with two attached hydrogens (primary N) is 1. The molecule has 0 atom stereocenters. The van der Waals surface area contributed by atoms with Gasteiger partial charge in [-0.05, 0) is 36.8 Å². The van der Waals surface area contributed by atoms with Gasteiger partial charge in [0.25, 0.3) is 10.1 Å². The van der Waals surface area contributed by atoms with Crippen molar-refractivity contribution in [2.75, 3.05) is 5.32 Å². The largest absolute Gasteiger partial charge is 0.467 e. The van der Waals surface area contributed by atoms with Crippen LogP contribution in [0.1, 0.15) is 11.3 Å². The molecule has 120 valence electrons. The molecule has 0 bridgehead atoms. The molecule has 0 saturated heterocycles. The van der Waals surface area contributed by atoms with Crippen molar-refractivity contribution in [1.29, 1.82) is 0 Å². The van der Waals surface area contributed by atoms with E-state index in [2.05, 4.69) is 5.32 Å². The van der Waals surface area contributed by atoms with Gasteiger partial charge in [-0.1, -0.05) is 0 Å². The van der Waals surface area contributed by atoms with Crippen LogP contribution in [0.2, 0.25) is 0 Å². The Balaban J connectivity index is 2.51. The summed E-state index contributed by atoms with van der Waals surface area (Å²) in [6.07, 6.45) is 1.45. The van der Waals surface area contributed by atoms with Crippen molar-refractivity contribution in [1.82, 2.24) is 0 Å². The lowest BCUT2D eigenvalue weighted by molar-refractivity contribution is 0.483. The lowest BCUT2D eigenvalue weighted by atomic mass is 10.2. The molecule has 0 amide bonds. The summed E-state index contributed by atoms with van der Waals surface area (Å²) >= 11 is 0. The predicted molar refractivity (Wildman–Crippen MR) is 78.4 cm³/mol. The number of furan rings is 1. The van der Waals surface area contributed by atoms with E-state index in [1.807, 2.05) is 0 Å². The average molecular weight is 346 g/mol. The number of primary sulfonamides is 1.